The Bertz CT molecular complexity index is 450. The third kappa shape index (κ3) is 5.02. The molecule has 4 heteroatoms. The van der Waals surface area contributed by atoms with Crippen molar-refractivity contribution < 1.29 is 19.6 Å². The Kier molecular flexibility index (Phi) is 6.72. The summed E-state index contributed by atoms with van der Waals surface area (Å²) in [6, 6.07) is 8.25. The fraction of sp³-hybridized carbons (Fsp3) is 0.611. The number of carbonyl (C=O) groups is 1. The van der Waals surface area contributed by atoms with E-state index in [1.54, 1.807) is 7.11 Å². The quantitative estimate of drug-likeness (QED) is 0.785. The summed E-state index contributed by atoms with van der Waals surface area (Å²) in [5.41, 5.74) is 1.32. The molecule has 122 valence electrons. The number of rotatable bonds is 7. The molecule has 2 rings (SSSR count). The molecule has 2 N–H and O–H groups in total. The van der Waals surface area contributed by atoms with Crippen molar-refractivity contribution in [2.24, 2.45) is 11.8 Å². The van der Waals surface area contributed by atoms with Crippen LogP contribution < -0.4 is 10.1 Å². The van der Waals surface area contributed by atoms with Gasteiger partial charge in [0.05, 0.1) is 26.2 Å². The van der Waals surface area contributed by atoms with Crippen LogP contribution in [0.25, 0.3) is 0 Å². The van der Waals surface area contributed by atoms with E-state index in [0.29, 0.717) is 6.61 Å². The highest BCUT2D eigenvalue weighted by Gasteiger charge is 2.27. The standard InChI is InChI=1S/C18H27NO3/c1-3-22-18(20)16-8-4-14(5-9-16)12-19-13-15-6-10-17(21-2)11-7-15/h6-7,10-11,14,16,19H,3-5,8-9,12-13H2,1-2H3/p+1. The molecule has 0 unspecified atom stereocenters. The van der Waals surface area contributed by atoms with Crippen LogP contribution in [0.15, 0.2) is 24.3 Å². The Morgan fingerprint density at radius 3 is 2.45 bits per heavy atom. The number of nitrogens with two attached hydrogens (primary N) is 1. The molecule has 0 aromatic heterocycles. The summed E-state index contributed by atoms with van der Waals surface area (Å²) in [6.45, 7) is 4.51. The predicted octanol–water partition coefficient (Wildman–Crippen LogP) is 2.13. The fourth-order valence-electron chi connectivity index (χ4n) is 3.14. The highest BCUT2D eigenvalue weighted by molar-refractivity contribution is 5.72. The molecular formula is C18H28NO3+. The molecule has 1 aromatic rings. The van der Waals surface area contributed by atoms with Crippen molar-refractivity contribution >= 4 is 5.97 Å². The number of carbonyl (C=O) groups excluding carboxylic acids is 1. The number of esters is 1. The summed E-state index contributed by atoms with van der Waals surface area (Å²) in [5, 5.41) is 2.37. The van der Waals surface area contributed by atoms with Crippen LogP contribution in [0.3, 0.4) is 0 Å². The molecule has 0 atom stereocenters. The minimum Gasteiger partial charge on any atom is -0.497 e. The molecular weight excluding hydrogens is 278 g/mol. The zero-order chi connectivity index (χ0) is 15.8. The van der Waals surface area contributed by atoms with E-state index >= 15 is 0 Å². The Labute approximate surface area is 133 Å². The van der Waals surface area contributed by atoms with E-state index < -0.39 is 0 Å². The van der Waals surface area contributed by atoms with Gasteiger partial charge >= 0.3 is 5.97 Å². The lowest BCUT2D eigenvalue weighted by Crippen LogP contribution is -2.84. The van der Waals surface area contributed by atoms with Crippen LogP contribution in [0.5, 0.6) is 5.75 Å². The van der Waals surface area contributed by atoms with Gasteiger partial charge in [-0.15, -0.1) is 0 Å². The number of quaternary nitrogens is 1. The van der Waals surface area contributed by atoms with E-state index in [0.717, 1.165) is 50.4 Å². The molecule has 1 aliphatic carbocycles. The third-order valence-corrected chi connectivity index (χ3v) is 4.51. The van der Waals surface area contributed by atoms with Crippen LogP contribution in [0, 0.1) is 11.8 Å². The summed E-state index contributed by atoms with van der Waals surface area (Å²) in [4.78, 5) is 11.7. The lowest BCUT2D eigenvalue weighted by molar-refractivity contribution is -0.676. The van der Waals surface area contributed by atoms with Crippen LogP contribution in [0.2, 0.25) is 0 Å². The van der Waals surface area contributed by atoms with E-state index in [4.69, 9.17) is 9.47 Å². The zero-order valence-corrected chi connectivity index (χ0v) is 13.7. The van der Waals surface area contributed by atoms with Crippen LogP contribution in [-0.4, -0.2) is 26.2 Å². The Hall–Kier alpha value is -1.55. The van der Waals surface area contributed by atoms with Crippen molar-refractivity contribution in [2.75, 3.05) is 20.3 Å². The first kappa shape index (κ1) is 16.8. The minimum absolute atomic E-state index is 0.00293. The molecule has 0 amide bonds. The average Bonchev–Trinajstić information content (AvgIpc) is 2.56. The first-order valence-corrected chi connectivity index (χ1v) is 8.34. The second kappa shape index (κ2) is 8.79. The molecule has 22 heavy (non-hydrogen) atoms. The van der Waals surface area contributed by atoms with E-state index in [1.807, 2.05) is 19.1 Å². The van der Waals surface area contributed by atoms with Crippen LogP contribution in [0.1, 0.15) is 38.2 Å². The van der Waals surface area contributed by atoms with Gasteiger partial charge in [0.1, 0.15) is 12.3 Å². The molecule has 4 nitrogen and oxygen atoms in total. The predicted molar refractivity (Wildman–Crippen MR) is 85.6 cm³/mol. The van der Waals surface area contributed by atoms with Gasteiger partial charge in [0.25, 0.3) is 0 Å². The average molecular weight is 306 g/mol. The number of ether oxygens (including phenoxy) is 2. The fourth-order valence-corrected chi connectivity index (χ4v) is 3.14. The van der Waals surface area contributed by atoms with Crippen molar-refractivity contribution in [3.05, 3.63) is 29.8 Å². The first-order chi connectivity index (χ1) is 10.7. The van der Waals surface area contributed by atoms with Gasteiger partial charge in [-0.3, -0.25) is 4.79 Å². The monoisotopic (exact) mass is 306 g/mol. The molecule has 1 aromatic carbocycles. The maximum Gasteiger partial charge on any atom is 0.308 e. The van der Waals surface area contributed by atoms with Crippen LogP contribution >= 0.6 is 0 Å². The lowest BCUT2D eigenvalue weighted by Gasteiger charge is -2.26. The van der Waals surface area contributed by atoms with Gasteiger partial charge in [0.15, 0.2) is 0 Å². The molecule has 1 saturated carbocycles. The van der Waals surface area contributed by atoms with E-state index in [1.165, 1.54) is 5.56 Å². The van der Waals surface area contributed by atoms with Gasteiger partial charge in [-0.25, -0.2) is 0 Å². The van der Waals surface area contributed by atoms with Crippen molar-refractivity contribution in [3.8, 4) is 5.75 Å². The van der Waals surface area contributed by atoms with Crippen molar-refractivity contribution in [2.45, 2.75) is 39.2 Å². The maximum absolute atomic E-state index is 11.7. The Morgan fingerprint density at radius 1 is 1.18 bits per heavy atom. The molecule has 1 fully saturated rings. The van der Waals surface area contributed by atoms with Crippen molar-refractivity contribution in [1.82, 2.24) is 0 Å². The number of methoxy groups -OCH3 is 1. The molecule has 0 radical (unpaired) electrons. The van der Waals surface area contributed by atoms with Crippen molar-refractivity contribution in [3.63, 3.8) is 0 Å². The number of hydrogen-bond acceptors (Lipinski definition) is 3. The summed E-state index contributed by atoms with van der Waals surface area (Å²) < 4.78 is 10.3. The summed E-state index contributed by atoms with van der Waals surface area (Å²) >= 11 is 0. The number of benzene rings is 1. The largest absolute Gasteiger partial charge is 0.497 e. The van der Waals surface area contributed by atoms with Gasteiger partial charge in [-0.05, 0) is 56.9 Å². The second-order valence-electron chi connectivity index (χ2n) is 6.05. The van der Waals surface area contributed by atoms with E-state index in [-0.39, 0.29) is 11.9 Å². The van der Waals surface area contributed by atoms with E-state index in [2.05, 4.69) is 17.4 Å². The highest BCUT2D eigenvalue weighted by Crippen LogP contribution is 2.28. The minimum atomic E-state index is 0.00293. The van der Waals surface area contributed by atoms with Gasteiger partial charge in [0, 0.05) is 11.5 Å². The summed E-state index contributed by atoms with van der Waals surface area (Å²) in [6.07, 6.45) is 4.25. The molecule has 1 aliphatic rings. The van der Waals surface area contributed by atoms with Gasteiger partial charge in [0.2, 0.25) is 0 Å². The molecule has 0 heterocycles. The summed E-state index contributed by atoms with van der Waals surface area (Å²) in [5.74, 6) is 1.77. The maximum atomic E-state index is 11.7. The normalized spacial score (nSPS) is 21.4. The summed E-state index contributed by atoms with van der Waals surface area (Å²) in [7, 11) is 1.69. The first-order valence-electron chi connectivity index (χ1n) is 8.34. The zero-order valence-electron chi connectivity index (χ0n) is 13.7. The van der Waals surface area contributed by atoms with Crippen LogP contribution in [-0.2, 0) is 16.1 Å². The van der Waals surface area contributed by atoms with Crippen LogP contribution in [0.4, 0.5) is 0 Å². The smallest absolute Gasteiger partial charge is 0.308 e. The van der Waals surface area contributed by atoms with Gasteiger partial charge in [-0.1, -0.05) is 0 Å². The molecule has 0 aliphatic heterocycles. The molecule has 0 bridgehead atoms. The van der Waals surface area contributed by atoms with Gasteiger partial charge < -0.3 is 14.8 Å². The van der Waals surface area contributed by atoms with Crippen molar-refractivity contribution in [1.29, 1.82) is 0 Å². The van der Waals surface area contributed by atoms with Gasteiger partial charge in [-0.2, -0.15) is 0 Å². The van der Waals surface area contributed by atoms with E-state index in [9.17, 15) is 4.79 Å². The third-order valence-electron chi connectivity index (χ3n) is 4.51. The topological polar surface area (TPSA) is 52.1 Å². The lowest BCUT2D eigenvalue weighted by atomic mass is 9.82. The second-order valence-corrected chi connectivity index (χ2v) is 6.05. The Balaban J connectivity index is 1.65. The molecule has 0 saturated heterocycles. The number of hydrogen-bond donors (Lipinski definition) is 1. The Morgan fingerprint density at radius 2 is 1.86 bits per heavy atom. The SMILES string of the molecule is CCOC(=O)C1CCC(C[NH2+]Cc2ccc(OC)cc2)CC1. The highest BCUT2D eigenvalue weighted by atomic mass is 16.5. The molecule has 0 spiro atoms.